The SMILES string of the molecule is COC(=O)COc1ccc(Br)cc1/C=N\NC(=O)c1cc2ccccc2cc1OC. The maximum Gasteiger partial charge on any atom is 0.343 e. The number of carbonyl (C=O) groups excluding carboxylic acids is 2. The first-order chi connectivity index (χ1) is 14.5. The highest BCUT2D eigenvalue weighted by atomic mass is 79.9. The molecule has 154 valence electrons. The predicted octanol–water partition coefficient (Wildman–Crippen LogP) is 3.93. The van der Waals surface area contributed by atoms with Crippen molar-refractivity contribution in [1.29, 1.82) is 0 Å². The fourth-order valence-corrected chi connectivity index (χ4v) is 3.11. The standard InChI is InChI=1S/C22H19BrN2O5/c1-28-20-11-15-6-4-3-5-14(15)10-18(20)22(27)25-24-12-16-9-17(23)7-8-19(16)30-13-21(26)29-2/h3-12H,13H2,1-2H3,(H,25,27)/b24-12-. The number of halogens is 1. The Bertz CT molecular complexity index is 1110. The van der Waals surface area contributed by atoms with Gasteiger partial charge in [-0.15, -0.1) is 0 Å². The van der Waals surface area contributed by atoms with Crippen LogP contribution in [0, 0.1) is 0 Å². The molecular formula is C22H19BrN2O5. The van der Waals surface area contributed by atoms with Crippen LogP contribution in [0.3, 0.4) is 0 Å². The highest BCUT2D eigenvalue weighted by molar-refractivity contribution is 9.10. The molecule has 3 aromatic carbocycles. The van der Waals surface area contributed by atoms with Gasteiger partial charge in [-0.1, -0.05) is 40.2 Å². The number of hydrogen-bond acceptors (Lipinski definition) is 6. The second kappa shape index (κ2) is 9.89. The molecule has 0 atom stereocenters. The maximum absolute atomic E-state index is 12.7. The van der Waals surface area contributed by atoms with Crippen LogP contribution in [0.1, 0.15) is 15.9 Å². The van der Waals surface area contributed by atoms with Gasteiger partial charge in [-0.3, -0.25) is 4.79 Å². The van der Waals surface area contributed by atoms with Gasteiger partial charge in [0.05, 0.1) is 26.0 Å². The number of hydrazone groups is 1. The van der Waals surface area contributed by atoms with Crippen LogP contribution in [0.25, 0.3) is 10.8 Å². The van der Waals surface area contributed by atoms with Crippen molar-refractivity contribution >= 4 is 44.8 Å². The highest BCUT2D eigenvalue weighted by Crippen LogP contribution is 2.26. The van der Waals surface area contributed by atoms with Crippen molar-refractivity contribution in [3.05, 3.63) is 70.2 Å². The Hall–Kier alpha value is -3.39. The molecule has 0 aliphatic heterocycles. The fourth-order valence-electron chi connectivity index (χ4n) is 2.73. The summed E-state index contributed by atoms with van der Waals surface area (Å²) in [5.41, 5.74) is 3.43. The monoisotopic (exact) mass is 470 g/mol. The number of hydrogen-bond donors (Lipinski definition) is 1. The number of amides is 1. The van der Waals surface area contributed by atoms with Gasteiger partial charge in [0.1, 0.15) is 11.5 Å². The number of methoxy groups -OCH3 is 2. The number of benzene rings is 3. The van der Waals surface area contributed by atoms with Crippen LogP contribution in [0.5, 0.6) is 11.5 Å². The molecule has 0 spiro atoms. The van der Waals surface area contributed by atoms with Gasteiger partial charge >= 0.3 is 5.97 Å². The molecule has 0 aliphatic carbocycles. The van der Waals surface area contributed by atoms with Crippen LogP contribution in [-0.4, -0.2) is 38.9 Å². The fraction of sp³-hybridized carbons (Fsp3) is 0.136. The third-order valence-electron chi connectivity index (χ3n) is 4.23. The Morgan fingerprint density at radius 3 is 2.47 bits per heavy atom. The number of carbonyl (C=O) groups is 2. The first-order valence-corrected chi connectivity index (χ1v) is 9.70. The lowest BCUT2D eigenvalue weighted by atomic mass is 10.1. The largest absolute Gasteiger partial charge is 0.496 e. The van der Waals surface area contributed by atoms with Crippen molar-refractivity contribution < 1.29 is 23.8 Å². The lowest BCUT2D eigenvalue weighted by molar-refractivity contribution is -0.142. The molecule has 0 aromatic heterocycles. The van der Waals surface area contributed by atoms with Gasteiger partial charge in [0.15, 0.2) is 6.61 Å². The first-order valence-electron chi connectivity index (χ1n) is 8.91. The van der Waals surface area contributed by atoms with Gasteiger partial charge in [-0.05, 0) is 41.1 Å². The second-order valence-corrected chi connectivity index (χ2v) is 7.06. The molecule has 7 nitrogen and oxygen atoms in total. The number of rotatable bonds is 7. The molecule has 1 N–H and O–H groups in total. The van der Waals surface area contributed by atoms with Crippen molar-refractivity contribution in [3.63, 3.8) is 0 Å². The van der Waals surface area contributed by atoms with E-state index in [1.807, 2.05) is 24.3 Å². The minimum absolute atomic E-state index is 0.236. The van der Waals surface area contributed by atoms with Crippen LogP contribution in [0.4, 0.5) is 0 Å². The molecule has 0 fully saturated rings. The lowest BCUT2D eigenvalue weighted by Gasteiger charge is -2.10. The van der Waals surface area contributed by atoms with E-state index in [9.17, 15) is 9.59 Å². The molecular weight excluding hydrogens is 452 g/mol. The van der Waals surface area contributed by atoms with E-state index in [0.29, 0.717) is 22.6 Å². The summed E-state index contributed by atoms with van der Waals surface area (Å²) < 4.78 is 16.2. The van der Waals surface area contributed by atoms with E-state index in [2.05, 4.69) is 31.2 Å². The van der Waals surface area contributed by atoms with E-state index >= 15 is 0 Å². The smallest absolute Gasteiger partial charge is 0.343 e. The Kier molecular flexibility index (Phi) is 7.03. The second-order valence-electron chi connectivity index (χ2n) is 6.15. The third-order valence-corrected chi connectivity index (χ3v) is 4.72. The van der Waals surface area contributed by atoms with Crippen molar-refractivity contribution in [2.45, 2.75) is 0 Å². The lowest BCUT2D eigenvalue weighted by Crippen LogP contribution is -2.18. The number of ether oxygens (including phenoxy) is 3. The zero-order valence-electron chi connectivity index (χ0n) is 16.3. The average molecular weight is 471 g/mol. The molecule has 3 rings (SSSR count). The summed E-state index contributed by atoms with van der Waals surface area (Å²) in [6.07, 6.45) is 1.43. The van der Waals surface area contributed by atoms with Gasteiger partial charge in [0.2, 0.25) is 0 Å². The molecule has 8 heteroatoms. The number of esters is 1. The van der Waals surface area contributed by atoms with E-state index in [0.717, 1.165) is 15.2 Å². The average Bonchev–Trinajstić information content (AvgIpc) is 2.77. The van der Waals surface area contributed by atoms with Gasteiger partial charge in [0.25, 0.3) is 5.91 Å². The molecule has 3 aromatic rings. The Morgan fingerprint density at radius 2 is 1.77 bits per heavy atom. The minimum atomic E-state index is -0.502. The molecule has 0 unspecified atom stereocenters. The third kappa shape index (κ3) is 5.15. The molecule has 0 aliphatic rings. The normalized spacial score (nSPS) is 10.8. The van der Waals surface area contributed by atoms with Crippen LogP contribution in [0.15, 0.2) is 64.2 Å². The first kappa shape index (κ1) is 21.3. The summed E-state index contributed by atoms with van der Waals surface area (Å²) in [5, 5.41) is 5.91. The van der Waals surface area contributed by atoms with Crippen LogP contribution in [-0.2, 0) is 9.53 Å². The van der Waals surface area contributed by atoms with E-state index in [4.69, 9.17) is 9.47 Å². The van der Waals surface area contributed by atoms with Crippen molar-refractivity contribution in [2.75, 3.05) is 20.8 Å². The Labute approximate surface area is 181 Å². The maximum atomic E-state index is 12.7. The zero-order valence-corrected chi connectivity index (χ0v) is 17.9. The van der Waals surface area contributed by atoms with Gasteiger partial charge < -0.3 is 14.2 Å². The molecule has 30 heavy (non-hydrogen) atoms. The Balaban J connectivity index is 1.78. The van der Waals surface area contributed by atoms with Crippen LogP contribution in [0.2, 0.25) is 0 Å². The number of fused-ring (bicyclic) bond motifs is 1. The zero-order chi connectivity index (χ0) is 21.5. The summed E-state index contributed by atoms with van der Waals surface area (Å²) in [7, 11) is 2.79. The van der Waals surface area contributed by atoms with Crippen molar-refractivity contribution in [3.8, 4) is 11.5 Å². The van der Waals surface area contributed by atoms with Gasteiger partial charge in [-0.2, -0.15) is 5.10 Å². The van der Waals surface area contributed by atoms with Crippen molar-refractivity contribution in [2.24, 2.45) is 5.10 Å². The van der Waals surface area contributed by atoms with Crippen LogP contribution >= 0.6 is 15.9 Å². The van der Waals surface area contributed by atoms with E-state index in [1.165, 1.54) is 20.4 Å². The minimum Gasteiger partial charge on any atom is -0.496 e. The molecule has 0 heterocycles. The molecule has 1 amide bonds. The number of nitrogens with zero attached hydrogens (tertiary/aromatic N) is 1. The predicted molar refractivity (Wildman–Crippen MR) is 117 cm³/mol. The summed E-state index contributed by atoms with van der Waals surface area (Å²) in [6, 6.07) is 16.4. The van der Waals surface area contributed by atoms with E-state index in [-0.39, 0.29) is 6.61 Å². The van der Waals surface area contributed by atoms with Crippen molar-refractivity contribution in [1.82, 2.24) is 5.43 Å². The Morgan fingerprint density at radius 1 is 1.03 bits per heavy atom. The topological polar surface area (TPSA) is 86.2 Å². The molecule has 0 radical (unpaired) electrons. The van der Waals surface area contributed by atoms with Gasteiger partial charge in [0, 0.05) is 10.0 Å². The molecule has 0 saturated heterocycles. The molecule has 0 saturated carbocycles. The molecule has 0 bridgehead atoms. The van der Waals surface area contributed by atoms with Crippen LogP contribution < -0.4 is 14.9 Å². The van der Waals surface area contributed by atoms with Gasteiger partial charge in [-0.25, -0.2) is 10.2 Å². The highest BCUT2D eigenvalue weighted by Gasteiger charge is 2.13. The summed E-state index contributed by atoms with van der Waals surface area (Å²) in [6.45, 7) is -0.236. The summed E-state index contributed by atoms with van der Waals surface area (Å²) >= 11 is 3.38. The summed E-state index contributed by atoms with van der Waals surface area (Å²) in [4.78, 5) is 24.0. The van der Waals surface area contributed by atoms with E-state index < -0.39 is 11.9 Å². The summed E-state index contributed by atoms with van der Waals surface area (Å²) in [5.74, 6) is -0.0470. The van der Waals surface area contributed by atoms with E-state index in [1.54, 1.807) is 30.3 Å². The quantitative estimate of drug-likeness (QED) is 0.321. The number of nitrogens with one attached hydrogen (secondary N) is 1.